The van der Waals surface area contributed by atoms with Crippen molar-refractivity contribution in [3.05, 3.63) is 66.5 Å². The van der Waals surface area contributed by atoms with Crippen molar-refractivity contribution in [1.82, 2.24) is 25.1 Å². The van der Waals surface area contributed by atoms with E-state index in [0.29, 0.717) is 0 Å². The Balaban J connectivity index is 1.50. The van der Waals surface area contributed by atoms with Crippen molar-refractivity contribution in [2.24, 2.45) is 0 Å². The van der Waals surface area contributed by atoms with Crippen molar-refractivity contribution in [3.8, 4) is 5.69 Å². The summed E-state index contributed by atoms with van der Waals surface area (Å²) < 4.78 is 1.89. The molecule has 0 saturated heterocycles. The quantitative estimate of drug-likeness (QED) is 0.671. The van der Waals surface area contributed by atoms with E-state index < -0.39 is 0 Å². The topological polar surface area (TPSA) is 58.5 Å². The van der Waals surface area contributed by atoms with Crippen LogP contribution in [0.2, 0.25) is 0 Å². The van der Waals surface area contributed by atoms with Gasteiger partial charge in [0.1, 0.15) is 5.82 Å². The van der Waals surface area contributed by atoms with E-state index in [9.17, 15) is 0 Å². The van der Waals surface area contributed by atoms with Crippen LogP contribution >= 0.6 is 0 Å². The van der Waals surface area contributed by atoms with Gasteiger partial charge in [0.2, 0.25) is 0 Å². The van der Waals surface area contributed by atoms with Gasteiger partial charge < -0.3 is 10.3 Å². The van der Waals surface area contributed by atoms with E-state index in [0.717, 1.165) is 31.0 Å². The Morgan fingerprint density at radius 3 is 2.90 bits per heavy atom. The zero-order valence-electron chi connectivity index (χ0n) is 11.2. The molecule has 1 aromatic carbocycles. The number of imidazole rings is 1. The summed E-state index contributed by atoms with van der Waals surface area (Å²) in [7, 11) is 0. The van der Waals surface area contributed by atoms with E-state index in [1.54, 1.807) is 6.20 Å². The molecule has 3 aromatic rings. The van der Waals surface area contributed by atoms with Crippen LogP contribution in [0, 0.1) is 0 Å². The first kappa shape index (κ1) is 12.6. The Kier molecular flexibility index (Phi) is 3.89. The van der Waals surface area contributed by atoms with Crippen LogP contribution in [-0.2, 0) is 13.0 Å². The van der Waals surface area contributed by atoms with Gasteiger partial charge in [-0.3, -0.25) is 0 Å². The van der Waals surface area contributed by atoms with E-state index in [4.69, 9.17) is 0 Å². The summed E-state index contributed by atoms with van der Waals surface area (Å²) in [6, 6.07) is 10.1. The fourth-order valence-electron chi connectivity index (χ4n) is 2.05. The van der Waals surface area contributed by atoms with Gasteiger partial charge in [-0.15, -0.1) is 0 Å². The minimum atomic E-state index is 0.813. The lowest BCUT2D eigenvalue weighted by molar-refractivity contribution is 0.674. The highest BCUT2D eigenvalue weighted by atomic mass is 15.3. The first-order valence-corrected chi connectivity index (χ1v) is 6.70. The van der Waals surface area contributed by atoms with Gasteiger partial charge in [-0.1, -0.05) is 18.2 Å². The maximum atomic E-state index is 4.37. The van der Waals surface area contributed by atoms with Crippen LogP contribution in [0.5, 0.6) is 0 Å². The van der Waals surface area contributed by atoms with E-state index in [2.05, 4.69) is 26.6 Å². The Morgan fingerprint density at radius 1 is 1.20 bits per heavy atom. The van der Waals surface area contributed by atoms with Crippen molar-refractivity contribution in [2.45, 2.75) is 13.0 Å². The van der Waals surface area contributed by atoms with Crippen molar-refractivity contribution in [2.75, 3.05) is 6.54 Å². The monoisotopic (exact) mass is 267 g/mol. The lowest BCUT2D eigenvalue weighted by atomic mass is 10.3. The third kappa shape index (κ3) is 3.13. The predicted molar refractivity (Wildman–Crippen MR) is 77.6 cm³/mol. The molecule has 0 unspecified atom stereocenters. The number of aromatic amines is 1. The number of hydrogen-bond acceptors (Lipinski definition) is 3. The van der Waals surface area contributed by atoms with Crippen LogP contribution in [0.1, 0.15) is 11.4 Å². The highest BCUT2D eigenvalue weighted by Crippen LogP contribution is 2.07. The third-order valence-corrected chi connectivity index (χ3v) is 3.08. The largest absolute Gasteiger partial charge is 0.349 e. The van der Waals surface area contributed by atoms with Gasteiger partial charge in [0.25, 0.3) is 0 Å². The maximum Gasteiger partial charge on any atom is 0.107 e. The summed E-state index contributed by atoms with van der Waals surface area (Å²) >= 11 is 0. The molecular weight excluding hydrogens is 250 g/mol. The maximum absolute atomic E-state index is 4.37. The number of hydrogen-bond donors (Lipinski definition) is 2. The molecular formula is C15H17N5. The predicted octanol–water partition coefficient (Wildman–Crippen LogP) is 1.93. The number of nitrogens with one attached hydrogen (secondary N) is 2. The molecule has 0 fully saturated rings. The molecule has 0 aliphatic heterocycles. The van der Waals surface area contributed by atoms with Crippen LogP contribution in [0.15, 0.2) is 55.1 Å². The molecule has 2 aromatic heterocycles. The van der Waals surface area contributed by atoms with Crippen LogP contribution in [0.4, 0.5) is 0 Å². The zero-order valence-corrected chi connectivity index (χ0v) is 11.2. The summed E-state index contributed by atoms with van der Waals surface area (Å²) in [5.74, 6) is 1.01. The van der Waals surface area contributed by atoms with Crippen molar-refractivity contribution >= 4 is 0 Å². The Hall–Kier alpha value is -2.40. The van der Waals surface area contributed by atoms with Crippen LogP contribution in [-0.4, -0.2) is 26.3 Å². The van der Waals surface area contributed by atoms with Gasteiger partial charge in [0, 0.05) is 43.7 Å². The molecule has 5 heteroatoms. The van der Waals surface area contributed by atoms with E-state index in [1.165, 1.54) is 5.56 Å². The van der Waals surface area contributed by atoms with Crippen LogP contribution in [0.25, 0.3) is 5.69 Å². The summed E-state index contributed by atoms with van der Waals surface area (Å²) in [4.78, 5) is 7.29. The van der Waals surface area contributed by atoms with Crippen molar-refractivity contribution < 1.29 is 0 Å². The summed E-state index contributed by atoms with van der Waals surface area (Å²) in [6.07, 6.45) is 8.47. The minimum absolute atomic E-state index is 0.813. The fraction of sp³-hybridized carbons (Fsp3) is 0.200. The number of benzene rings is 1. The van der Waals surface area contributed by atoms with Crippen molar-refractivity contribution in [3.63, 3.8) is 0 Å². The second kappa shape index (κ2) is 6.16. The van der Waals surface area contributed by atoms with Gasteiger partial charge in [0.05, 0.1) is 11.9 Å². The van der Waals surface area contributed by atoms with E-state index >= 15 is 0 Å². The smallest absolute Gasteiger partial charge is 0.107 e. The van der Waals surface area contributed by atoms with Gasteiger partial charge in [-0.25, -0.2) is 9.67 Å². The molecule has 0 radical (unpaired) electrons. The standard InChI is InChI=1S/C15H17N5/c1-2-4-14(5-3-1)20-12-13(11-19-20)10-16-7-6-15-17-8-9-18-15/h1-5,8-9,11-12,16H,6-7,10H2,(H,17,18). The third-order valence-electron chi connectivity index (χ3n) is 3.08. The highest BCUT2D eigenvalue weighted by molar-refractivity contribution is 5.30. The molecule has 0 atom stereocenters. The average molecular weight is 267 g/mol. The second-order valence-corrected chi connectivity index (χ2v) is 4.59. The molecule has 0 amide bonds. The van der Waals surface area contributed by atoms with Crippen LogP contribution < -0.4 is 5.32 Å². The molecule has 5 nitrogen and oxygen atoms in total. The van der Waals surface area contributed by atoms with Crippen molar-refractivity contribution in [1.29, 1.82) is 0 Å². The molecule has 2 N–H and O–H groups in total. The molecule has 20 heavy (non-hydrogen) atoms. The number of H-pyrrole nitrogens is 1. The highest BCUT2D eigenvalue weighted by Gasteiger charge is 2.00. The number of aromatic nitrogens is 4. The first-order chi connectivity index (χ1) is 9.92. The Morgan fingerprint density at radius 2 is 2.10 bits per heavy atom. The van der Waals surface area contributed by atoms with Crippen LogP contribution in [0.3, 0.4) is 0 Å². The minimum Gasteiger partial charge on any atom is -0.349 e. The molecule has 2 heterocycles. The number of rotatable bonds is 6. The average Bonchev–Trinajstić information content (AvgIpc) is 3.16. The summed E-state index contributed by atoms with van der Waals surface area (Å²) in [6.45, 7) is 1.71. The van der Waals surface area contributed by atoms with Gasteiger partial charge in [-0.2, -0.15) is 5.10 Å². The number of nitrogens with zero attached hydrogens (tertiary/aromatic N) is 3. The Bertz CT molecular complexity index is 627. The van der Waals surface area contributed by atoms with Gasteiger partial charge in [0.15, 0.2) is 0 Å². The zero-order chi connectivity index (χ0) is 13.6. The lowest BCUT2D eigenvalue weighted by Gasteiger charge is -2.01. The molecule has 3 rings (SSSR count). The normalized spacial score (nSPS) is 10.8. The Labute approximate surface area is 117 Å². The first-order valence-electron chi connectivity index (χ1n) is 6.70. The fourth-order valence-corrected chi connectivity index (χ4v) is 2.05. The second-order valence-electron chi connectivity index (χ2n) is 4.59. The summed E-state index contributed by atoms with van der Waals surface area (Å²) in [5, 5.41) is 7.76. The SMILES string of the molecule is c1ccc(-n2cc(CNCCc3ncc[nH]3)cn2)cc1. The lowest BCUT2D eigenvalue weighted by Crippen LogP contribution is -2.16. The van der Waals surface area contributed by atoms with E-state index in [1.807, 2.05) is 47.4 Å². The molecule has 102 valence electrons. The van der Waals surface area contributed by atoms with Gasteiger partial charge >= 0.3 is 0 Å². The molecule has 0 aliphatic rings. The molecule has 0 bridgehead atoms. The van der Waals surface area contributed by atoms with E-state index in [-0.39, 0.29) is 0 Å². The number of para-hydroxylation sites is 1. The molecule has 0 saturated carbocycles. The van der Waals surface area contributed by atoms with Gasteiger partial charge in [-0.05, 0) is 12.1 Å². The summed E-state index contributed by atoms with van der Waals surface area (Å²) in [5.41, 5.74) is 2.25. The molecule has 0 aliphatic carbocycles. The molecule has 0 spiro atoms.